The maximum absolute atomic E-state index is 13.5. The van der Waals surface area contributed by atoms with E-state index in [1.165, 1.54) is 0 Å². The normalized spacial score (nSPS) is 18.9. The van der Waals surface area contributed by atoms with Crippen molar-refractivity contribution in [3.63, 3.8) is 0 Å². The number of thiophene rings is 1. The zero-order valence-electron chi connectivity index (χ0n) is 16.6. The number of nitrogens with zero attached hydrogens (tertiary/aromatic N) is 3. The summed E-state index contributed by atoms with van der Waals surface area (Å²) in [5.74, 6) is -1.26. The van der Waals surface area contributed by atoms with E-state index in [1.807, 2.05) is 47.2 Å². The van der Waals surface area contributed by atoms with Crippen LogP contribution in [0.25, 0.3) is 11.0 Å². The number of fused-ring (bicyclic) bond motifs is 3. The van der Waals surface area contributed by atoms with E-state index >= 15 is 0 Å². The second-order valence-corrected chi connectivity index (χ2v) is 7.84. The molecular formula is C21H23N3O4S. The second kappa shape index (κ2) is 7.96. The van der Waals surface area contributed by atoms with Gasteiger partial charge < -0.3 is 9.47 Å². The average molecular weight is 413 g/mol. The fraction of sp³-hybridized carbons (Fsp3) is 0.381. The first-order valence-corrected chi connectivity index (χ1v) is 10.4. The fourth-order valence-corrected chi connectivity index (χ4v) is 4.91. The molecule has 0 saturated heterocycles. The summed E-state index contributed by atoms with van der Waals surface area (Å²) in [6.07, 6.45) is 0. The Labute approximate surface area is 172 Å². The van der Waals surface area contributed by atoms with Gasteiger partial charge in [-0.3, -0.25) is 19.1 Å². The monoisotopic (exact) mass is 413 g/mol. The summed E-state index contributed by atoms with van der Waals surface area (Å²) in [5.41, 5.74) is 2.70. The number of aromatic nitrogens is 2. The number of carbonyl (C=O) groups is 2. The molecule has 8 heteroatoms. The molecule has 0 saturated carbocycles. The van der Waals surface area contributed by atoms with E-state index in [0.29, 0.717) is 19.1 Å². The molecule has 1 aliphatic heterocycles. The Balaban J connectivity index is 1.98. The molecule has 0 unspecified atom stereocenters. The van der Waals surface area contributed by atoms with Crippen LogP contribution in [0.5, 0.6) is 0 Å². The molecule has 2 atom stereocenters. The number of amides is 1. The van der Waals surface area contributed by atoms with Crippen molar-refractivity contribution < 1.29 is 19.1 Å². The van der Waals surface area contributed by atoms with Crippen LogP contribution in [0.15, 0.2) is 35.7 Å². The first-order valence-electron chi connectivity index (χ1n) is 9.56. The summed E-state index contributed by atoms with van der Waals surface area (Å²) < 4.78 is 12.5. The van der Waals surface area contributed by atoms with Crippen LogP contribution >= 0.6 is 11.3 Å². The summed E-state index contributed by atoms with van der Waals surface area (Å²) in [5, 5.41) is 1.98. The lowest BCUT2D eigenvalue weighted by Crippen LogP contribution is -2.51. The van der Waals surface area contributed by atoms with Crippen LogP contribution in [0.2, 0.25) is 0 Å². The molecule has 7 nitrogen and oxygen atoms in total. The zero-order valence-corrected chi connectivity index (χ0v) is 17.4. The number of methoxy groups -OCH3 is 1. The molecule has 1 amide bonds. The highest BCUT2D eigenvalue weighted by Crippen LogP contribution is 2.43. The molecule has 3 heterocycles. The predicted octanol–water partition coefficient (Wildman–Crippen LogP) is 3.17. The van der Waals surface area contributed by atoms with Gasteiger partial charge in [0.2, 0.25) is 11.9 Å². The number of para-hydroxylation sites is 2. The molecule has 0 N–H and O–H groups in total. The molecule has 1 aromatic carbocycles. The average Bonchev–Trinajstić information content (AvgIpc) is 3.30. The number of benzene rings is 1. The number of carbonyl (C=O) groups excluding carboxylic acids is 2. The highest BCUT2D eigenvalue weighted by molar-refractivity contribution is 7.10. The lowest BCUT2D eigenvalue weighted by Gasteiger charge is -2.37. The van der Waals surface area contributed by atoms with Gasteiger partial charge in [-0.05, 0) is 43.0 Å². The first-order chi connectivity index (χ1) is 14.1. The molecule has 4 rings (SSSR count). The van der Waals surface area contributed by atoms with E-state index < -0.39 is 17.9 Å². The van der Waals surface area contributed by atoms with E-state index in [0.717, 1.165) is 21.5 Å². The van der Waals surface area contributed by atoms with Crippen LogP contribution in [-0.4, -0.2) is 48.3 Å². The highest BCUT2D eigenvalue weighted by Gasteiger charge is 2.48. The predicted molar refractivity (Wildman–Crippen MR) is 111 cm³/mol. The molecule has 0 fully saturated rings. The van der Waals surface area contributed by atoms with E-state index in [1.54, 1.807) is 30.3 Å². The third-order valence-corrected chi connectivity index (χ3v) is 6.26. The lowest BCUT2D eigenvalue weighted by atomic mass is 9.92. The Bertz CT molecular complexity index is 1060. The van der Waals surface area contributed by atoms with Gasteiger partial charge in [-0.25, -0.2) is 4.98 Å². The minimum atomic E-state index is -0.978. The largest absolute Gasteiger partial charge is 0.465 e. The number of hydrogen-bond acceptors (Lipinski definition) is 6. The minimum absolute atomic E-state index is 0.217. The van der Waals surface area contributed by atoms with Gasteiger partial charge in [0, 0.05) is 12.0 Å². The molecule has 0 spiro atoms. The van der Waals surface area contributed by atoms with Crippen LogP contribution < -0.4 is 4.90 Å². The Morgan fingerprint density at radius 2 is 2.07 bits per heavy atom. The molecule has 0 radical (unpaired) electrons. The maximum Gasteiger partial charge on any atom is 0.321 e. The van der Waals surface area contributed by atoms with E-state index in [-0.39, 0.29) is 12.5 Å². The van der Waals surface area contributed by atoms with Crippen LogP contribution in [0.4, 0.5) is 5.95 Å². The Morgan fingerprint density at radius 3 is 2.76 bits per heavy atom. The zero-order chi connectivity index (χ0) is 20.5. The fourth-order valence-electron chi connectivity index (χ4n) is 3.86. The van der Waals surface area contributed by atoms with Crippen molar-refractivity contribution in [1.82, 2.24) is 9.55 Å². The van der Waals surface area contributed by atoms with Crippen LogP contribution in [0, 0.1) is 12.8 Å². The van der Waals surface area contributed by atoms with Gasteiger partial charge in [-0.2, -0.15) is 0 Å². The van der Waals surface area contributed by atoms with E-state index in [9.17, 15) is 9.59 Å². The summed E-state index contributed by atoms with van der Waals surface area (Å²) in [7, 11) is 1.58. The number of anilines is 1. The van der Waals surface area contributed by atoms with Crippen molar-refractivity contribution in [2.75, 3.05) is 31.8 Å². The first kappa shape index (κ1) is 19.6. The van der Waals surface area contributed by atoms with Gasteiger partial charge in [0.05, 0.1) is 36.8 Å². The Kier molecular flexibility index (Phi) is 5.38. The van der Waals surface area contributed by atoms with Gasteiger partial charge >= 0.3 is 5.97 Å². The van der Waals surface area contributed by atoms with Gasteiger partial charge in [-0.15, -0.1) is 11.3 Å². The molecule has 2 aromatic heterocycles. The lowest BCUT2D eigenvalue weighted by molar-refractivity contribution is -0.153. The van der Waals surface area contributed by atoms with Crippen LogP contribution in [0.3, 0.4) is 0 Å². The SMILES string of the molecule is CCOC(=O)[C@H]1C(=O)N(CCOC)c2nc3ccccc3n2[C@H]1c1sccc1C. The number of rotatable bonds is 6. The number of imidazole rings is 1. The number of esters is 1. The number of ether oxygens (including phenoxy) is 2. The minimum Gasteiger partial charge on any atom is -0.465 e. The molecule has 29 heavy (non-hydrogen) atoms. The van der Waals surface area contributed by atoms with Gasteiger partial charge in [0.25, 0.3) is 0 Å². The maximum atomic E-state index is 13.5. The van der Waals surface area contributed by atoms with Gasteiger partial charge in [0.15, 0.2) is 5.92 Å². The topological polar surface area (TPSA) is 73.7 Å². The molecule has 3 aromatic rings. The number of hydrogen-bond donors (Lipinski definition) is 0. The van der Waals surface area contributed by atoms with E-state index in [2.05, 4.69) is 0 Å². The molecular weight excluding hydrogens is 390 g/mol. The summed E-state index contributed by atoms with van der Waals surface area (Å²) in [6.45, 7) is 4.61. The van der Waals surface area contributed by atoms with Crippen molar-refractivity contribution in [2.45, 2.75) is 19.9 Å². The van der Waals surface area contributed by atoms with Crippen LogP contribution in [-0.2, 0) is 19.1 Å². The van der Waals surface area contributed by atoms with Gasteiger partial charge in [0.1, 0.15) is 0 Å². The third-order valence-electron chi connectivity index (χ3n) is 5.17. The molecule has 152 valence electrons. The third kappa shape index (κ3) is 3.22. The quantitative estimate of drug-likeness (QED) is 0.458. The van der Waals surface area contributed by atoms with Crippen molar-refractivity contribution in [1.29, 1.82) is 0 Å². The van der Waals surface area contributed by atoms with Crippen LogP contribution in [0.1, 0.15) is 23.4 Å². The smallest absolute Gasteiger partial charge is 0.321 e. The summed E-state index contributed by atoms with van der Waals surface area (Å²) >= 11 is 1.54. The summed E-state index contributed by atoms with van der Waals surface area (Å²) in [4.78, 5) is 33.8. The Hall–Kier alpha value is -2.71. The molecule has 0 bridgehead atoms. The van der Waals surface area contributed by atoms with Gasteiger partial charge in [-0.1, -0.05) is 12.1 Å². The van der Waals surface area contributed by atoms with Crippen molar-refractivity contribution in [3.05, 3.63) is 46.2 Å². The molecule has 1 aliphatic rings. The van der Waals surface area contributed by atoms with E-state index in [4.69, 9.17) is 14.5 Å². The second-order valence-electron chi connectivity index (χ2n) is 6.90. The van der Waals surface area contributed by atoms with Crippen molar-refractivity contribution in [3.8, 4) is 0 Å². The van der Waals surface area contributed by atoms with Crippen molar-refractivity contribution in [2.24, 2.45) is 5.92 Å². The molecule has 0 aliphatic carbocycles. The Morgan fingerprint density at radius 1 is 1.28 bits per heavy atom. The standard InChI is InChI=1S/C21H23N3O4S/c1-4-28-20(26)16-17(18-13(2)9-12-29-18)24-15-8-6-5-7-14(15)22-21(24)23(19(16)25)10-11-27-3/h5-9,12,16-17H,4,10-11H2,1-3H3/t16-,17-/m1/s1. The number of aryl methyl sites for hydroxylation is 1. The summed E-state index contributed by atoms with van der Waals surface area (Å²) in [6, 6.07) is 9.23. The van der Waals surface area contributed by atoms with Crippen molar-refractivity contribution >= 4 is 40.2 Å². The highest BCUT2D eigenvalue weighted by atomic mass is 32.1.